The van der Waals surface area contributed by atoms with Crippen molar-refractivity contribution >= 4 is 29.9 Å². The van der Waals surface area contributed by atoms with Gasteiger partial charge in [0.05, 0.1) is 6.21 Å². The monoisotopic (exact) mass is 497 g/mol. The van der Waals surface area contributed by atoms with Crippen molar-refractivity contribution in [3.63, 3.8) is 0 Å². The molecule has 1 N–H and O–H groups in total. The summed E-state index contributed by atoms with van der Waals surface area (Å²) in [4.78, 5) is 38.9. The number of carbonyl (C=O) groups is 2. The van der Waals surface area contributed by atoms with Gasteiger partial charge in [-0.25, -0.2) is 9.98 Å². The number of ether oxygens (including phenoxy) is 2. The highest BCUT2D eigenvalue weighted by Gasteiger charge is 2.50. The van der Waals surface area contributed by atoms with Crippen LogP contribution in [0.4, 0.5) is 8.78 Å². The van der Waals surface area contributed by atoms with E-state index >= 15 is 0 Å². The number of halogens is 2. The van der Waals surface area contributed by atoms with E-state index < -0.39 is 18.1 Å². The molecule has 2 aromatic carbocycles. The normalized spacial score (nSPS) is 19.2. The summed E-state index contributed by atoms with van der Waals surface area (Å²) >= 11 is 0. The van der Waals surface area contributed by atoms with E-state index in [-0.39, 0.29) is 23.6 Å². The molecule has 0 aliphatic carbocycles. The van der Waals surface area contributed by atoms with Gasteiger partial charge < -0.3 is 9.47 Å². The summed E-state index contributed by atoms with van der Waals surface area (Å²) < 4.78 is 34.9. The first-order valence-corrected chi connectivity index (χ1v) is 11.3. The highest BCUT2D eigenvalue weighted by Crippen LogP contribution is 2.40. The van der Waals surface area contributed by atoms with E-state index in [1.54, 1.807) is 20.2 Å². The lowest BCUT2D eigenvalue weighted by atomic mass is 9.82. The van der Waals surface area contributed by atoms with Crippen molar-refractivity contribution in [3.05, 3.63) is 65.2 Å². The number of nitrogens with zero attached hydrogens (tertiary/aromatic N) is 4. The Morgan fingerprint density at radius 1 is 1.08 bits per heavy atom. The molecule has 11 heteroatoms. The van der Waals surface area contributed by atoms with Gasteiger partial charge in [0.2, 0.25) is 11.9 Å². The third-order valence-electron chi connectivity index (χ3n) is 5.85. The van der Waals surface area contributed by atoms with E-state index in [9.17, 15) is 18.4 Å². The molecule has 2 aliphatic rings. The average molecular weight is 498 g/mol. The number of unbranched alkanes of at least 4 members (excludes halogenated alkanes) is 1. The summed E-state index contributed by atoms with van der Waals surface area (Å²) in [6.07, 6.45) is 3.63. The highest BCUT2D eigenvalue weighted by atomic mass is 19.3. The number of hydrogen-bond acceptors (Lipinski definition) is 7. The first kappa shape index (κ1) is 25.1. The van der Waals surface area contributed by atoms with Gasteiger partial charge in [0, 0.05) is 20.8 Å². The van der Waals surface area contributed by atoms with Crippen LogP contribution in [0.2, 0.25) is 0 Å². The highest BCUT2D eigenvalue weighted by molar-refractivity contribution is 6.35. The molecule has 2 heterocycles. The minimum Gasteiger partial charge on any atom is -0.435 e. The number of amides is 2. The molecule has 2 aliphatic heterocycles. The van der Waals surface area contributed by atoms with E-state index in [1.807, 2.05) is 18.2 Å². The van der Waals surface area contributed by atoms with E-state index in [4.69, 9.17) is 9.73 Å². The molecule has 0 fully saturated rings. The summed E-state index contributed by atoms with van der Waals surface area (Å²) in [5.74, 6) is -0.777. The summed E-state index contributed by atoms with van der Waals surface area (Å²) in [6, 6.07) is 13.4. The fourth-order valence-corrected chi connectivity index (χ4v) is 4.12. The first-order valence-electron chi connectivity index (χ1n) is 11.3. The second kappa shape index (κ2) is 10.7. The standard InChI is InChI=1S/C25H25F2N5O4/c1-32-21(34)25(17-9-11-19(12-10-17)36-22(26)27,31-24(32)30-23-28-15-20(33)29-23)18-8-5-7-16(14-18)6-3-4-13-35-2/h5,7-12,14-15,22H,3-4,6,13H2,1-2H3,(H,29,30,31,33). The molecule has 0 saturated heterocycles. The predicted octanol–water partition coefficient (Wildman–Crippen LogP) is 2.89. The van der Waals surface area contributed by atoms with Gasteiger partial charge in [-0.3, -0.25) is 19.8 Å². The summed E-state index contributed by atoms with van der Waals surface area (Å²) in [5, 5.41) is 2.83. The molecule has 0 aromatic heterocycles. The number of aliphatic imine (C=N–C) groups is 3. The van der Waals surface area contributed by atoms with Crippen LogP contribution in [0.25, 0.3) is 0 Å². The van der Waals surface area contributed by atoms with Crippen LogP contribution in [0.1, 0.15) is 29.5 Å². The Morgan fingerprint density at radius 3 is 2.53 bits per heavy atom. The number of alkyl halides is 2. The van der Waals surface area contributed by atoms with Crippen LogP contribution in [-0.2, 0) is 26.3 Å². The molecule has 36 heavy (non-hydrogen) atoms. The zero-order chi connectivity index (χ0) is 25.7. The van der Waals surface area contributed by atoms with Crippen molar-refractivity contribution < 1.29 is 27.8 Å². The zero-order valence-electron chi connectivity index (χ0n) is 19.8. The molecule has 0 radical (unpaired) electrons. The van der Waals surface area contributed by atoms with Crippen LogP contribution in [0, 0.1) is 0 Å². The van der Waals surface area contributed by atoms with E-state index in [2.05, 4.69) is 20.0 Å². The molecule has 1 unspecified atom stereocenters. The number of benzene rings is 2. The molecule has 0 saturated carbocycles. The Bertz CT molecular complexity index is 1230. The van der Waals surface area contributed by atoms with Gasteiger partial charge in [0.15, 0.2) is 5.54 Å². The molecular formula is C25H25F2N5O4. The summed E-state index contributed by atoms with van der Waals surface area (Å²) in [6.45, 7) is -2.31. The van der Waals surface area contributed by atoms with Crippen molar-refractivity contribution in [1.29, 1.82) is 0 Å². The van der Waals surface area contributed by atoms with Gasteiger partial charge in [-0.05, 0) is 48.1 Å². The average Bonchev–Trinajstić information content (AvgIpc) is 3.38. The molecule has 1 atom stereocenters. The topological polar surface area (TPSA) is 105 Å². The molecular weight excluding hydrogens is 472 g/mol. The molecule has 2 amide bonds. The second-order valence-electron chi connectivity index (χ2n) is 8.22. The predicted molar refractivity (Wildman–Crippen MR) is 129 cm³/mol. The maximum atomic E-state index is 13.8. The quantitative estimate of drug-likeness (QED) is 0.537. The van der Waals surface area contributed by atoms with E-state index in [1.165, 1.54) is 29.2 Å². The maximum Gasteiger partial charge on any atom is 0.387 e. The molecule has 9 nitrogen and oxygen atoms in total. The molecule has 0 bridgehead atoms. The van der Waals surface area contributed by atoms with Crippen LogP contribution in [0.5, 0.6) is 5.75 Å². The Balaban J connectivity index is 1.76. The smallest absolute Gasteiger partial charge is 0.387 e. The van der Waals surface area contributed by atoms with Crippen molar-refractivity contribution in [3.8, 4) is 5.75 Å². The van der Waals surface area contributed by atoms with Crippen LogP contribution in [0.15, 0.2) is 63.5 Å². The van der Waals surface area contributed by atoms with Gasteiger partial charge in [0.25, 0.3) is 11.8 Å². The Morgan fingerprint density at radius 2 is 1.86 bits per heavy atom. The minimum atomic E-state index is -2.97. The molecule has 4 rings (SSSR count). The minimum absolute atomic E-state index is 0.0155. The number of likely N-dealkylation sites (N-methyl/N-ethyl adjacent to an activating group) is 1. The van der Waals surface area contributed by atoms with Gasteiger partial charge in [-0.15, -0.1) is 0 Å². The van der Waals surface area contributed by atoms with Gasteiger partial charge in [-0.1, -0.05) is 36.4 Å². The lowest BCUT2D eigenvalue weighted by Crippen LogP contribution is -2.43. The lowest BCUT2D eigenvalue weighted by molar-refractivity contribution is -0.129. The fraction of sp³-hybridized carbons (Fsp3) is 0.320. The number of methoxy groups -OCH3 is 1. The van der Waals surface area contributed by atoms with Gasteiger partial charge >= 0.3 is 6.61 Å². The Hall–Kier alpha value is -3.99. The lowest BCUT2D eigenvalue weighted by Gasteiger charge is -2.26. The van der Waals surface area contributed by atoms with Crippen LogP contribution < -0.4 is 10.1 Å². The zero-order valence-corrected chi connectivity index (χ0v) is 19.8. The summed E-state index contributed by atoms with van der Waals surface area (Å²) in [7, 11) is 3.20. The third-order valence-corrected chi connectivity index (χ3v) is 5.85. The van der Waals surface area contributed by atoms with Crippen molar-refractivity contribution in [2.45, 2.75) is 31.4 Å². The molecule has 2 aromatic rings. The Kier molecular flexibility index (Phi) is 7.49. The molecule has 0 spiro atoms. The van der Waals surface area contributed by atoms with Crippen molar-refractivity contribution in [1.82, 2.24) is 10.2 Å². The number of hydrogen-bond donors (Lipinski definition) is 1. The Labute approximate surface area is 206 Å². The number of nitrogens with one attached hydrogen (secondary N) is 1. The van der Waals surface area contributed by atoms with Crippen LogP contribution in [-0.4, -0.2) is 62.2 Å². The van der Waals surface area contributed by atoms with Crippen molar-refractivity contribution in [2.24, 2.45) is 15.0 Å². The number of carbonyl (C=O) groups excluding carboxylic acids is 2. The van der Waals surface area contributed by atoms with Crippen molar-refractivity contribution in [2.75, 3.05) is 20.8 Å². The van der Waals surface area contributed by atoms with E-state index in [0.717, 1.165) is 31.0 Å². The summed E-state index contributed by atoms with van der Waals surface area (Å²) in [5.41, 5.74) is 0.580. The molecule has 188 valence electrons. The van der Waals surface area contributed by atoms with Gasteiger partial charge in [-0.2, -0.15) is 13.8 Å². The van der Waals surface area contributed by atoms with Gasteiger partial charge in [0.1, 0.15) is 5.75 Å². The largest absolute Gasteiger partial charge is 0.435 e. The van der Waals surface area contributed by atoms with Crippen LogP contribution in [0.3, 0.4) is 0 Å². The maximum absolute atomic E-state index is 13.8. The number of rotatable bonds is 9. The first-order chi connectivity index (χ1) is 17.3. The van der Waals surface area contributed by atoms with Crippen LogP contribution >= 0.6 is 0 Å². The number of aryl methyl sites for hydroxylation is 1. The third kappa shape index (κ3) is 5.15. The second-order valence-corrected chi connectivity index (χ2v) is 8.22. The SMILES string of the molecule is COCCCCc1cccc(C2(c3ccc(OC(F)F)cc3)N=C(NC3=NC(=O)C=N3)N(C)C2=O)c1. The fourth-order valence-electron chi connectivity index (χ4n) is 4.12. The number of guanidine groups is 2. The van der Waals surface area contributed by atoms with E-state index in [0.29, 0.717) is 17.7 Å².